The highest BCUT2D eigenvalue weighted by Gasteiger charge is 2.17. The Labute approximate surface area is 128 Å². The van der Waals surface area contributed by atoms with Gasteiger partial charge in [-0.05, 0) is 49.9 Å². The molecule has 0 aliphatic heterocycles. The highest BCUT2D eigenvalue weighted by molar-refractivity contribution is 6.31. The van der Waals surface area contributed by atoms with Gasteiger partial charge in [0, 0.05) is 30.3 Å². The van der Waals surface area contributed by atoms with Crippen LogP contribution in [0.2, 0.25) is 5.02 Å². The van der Waals surface area contributed by atoms with Crippen LogP contribution < -0.4 is 10.2 Å². The van der Waals surface area contributed by atoms with E-state index in [1.54, 1.807) is 0 Å². The Morgan fingerprint density at radius 1 is 1.35 bits per heavy atom. The van der Waals surface area contributed by atoms with E-state index in [4.69, 9.17) is 11.6 Å². The molecule has 1 fully saturated rings. The first-order chi connectivity index (χ1) is 9.61. The Hall–Kier alpha value is -0.730. The summed E-state index contributed by atoms with van der Waals surface area (Å²) < 4.78 is 0. The van der Waals surface area contributed by atoms with Crippen LogP contribution in [0.4, 0.5) is 5.69 Å². The minimum absolute atomic E-state index is 0.307. The van der Waals surface area contributed by atoms with Crippen LogP contribution in [0.1, 0.15) is 51.1 Å². The van der Waals surface area contributed by atoms with E-state index in [0.717, 1.165) is 24.0 Å². The summed E-state index contributed by atoms with van der Waals surface area (Å²) in [6.07, 6.45) is 5.57. The van der Waals surface area contributed by atoms with Gasteiger partial charge in [-0.15, -0.1) is 0 Å². The summed E-state index contributed by atoms with van der Waals surface area (Å²) in [5.41, 5.74) is 2.42. The predicted molar refractivity (Wildman–Crippen MR) is 88.8 cm³/mol. The first-order valence-electron chi connectivity index (χ1n) is 7.85. The molecule has 2 rings (SSSR count). The van der Waals surface area contributed by atoms with Crippen molar-refractivity contribution in [1.82, 2.24) is 5.32 Å². The van der Waals surface area contributed by atoms with Crippen LogP contribution in [0.15, 0.2) is 18.2 Å². The molecule has 0 heterocycles. The lowest BCUT2D eigenvalue weighted by molar-refractivity contribution is 0.547. The Balaban J connectivity index is 2.03. The van der Waals surface area contributed by atoms with Gasteiger partial charge in [-0.2, -0.15) is 0 Å². The third kappa shape index (κ3) is 3.89. The summed E-state index contributed by atoms with van der Waals surface area (Å²) in [6, 6.07) is 6.78. The fraction of sp³-hybridized carbons (Fsp3) is 0.647. The number of anilines is 1. The molecular weight excluding hydrogens is 268 g/mol. The molecule has 1 aromatic rings. The van der Waals surface area contributed by atoms with E-state index >= 15 is 0 Å². The zero-order chi connectivity index (χ0) is 14.5. The van der Waals surface area contributed by atoms with Gasteiger partial charge in [0.15, 0.2) is 0 Å². The van der Waals surface area contributed by atoms with E-state index in [2.05, 4.69) is 49.3 Å². The van der Waals surface area contributed by atoms with Crippen LogP contribution in [0.25, 0.3) is 0 Å². The van der Waals surface area contributed by atoms with Gasteiger partial charge in [-0.25, -0.2) is 0 Å². The van der Waals surface area contributed by atoms with E-state index in [9.17, 15) is 0 Å². The second kappa shape index (κ2) is 7.33. The summed E-state index contributed by atoms with van der Waals surface area (Å²) in [5, 5.41) is 4.28. The molecule has 0 aromatic heterocycles. The van der Waals surface area contributed by atoms with Gasteiger partial charge in [0.25, 0.3) is 0 Å². The average molecular weight is 295 g/mol. The lowest BCUT2D eigenvalue weighted by atomic mass is 10.1. The van der Waals surface area contributed by atoms with Crippen molar-refractivity contribution < 1.29 is 0 Å². The third-order valence-electron chi connectivity index (χ3n) is 4.41. The van der Waals surface area contributed by atoms with Gasteiger partial charge < -0.3 is 10.2 Å². The number of hydrogen-bond donors (Lipinski definition) is 1. The number of nitrogens with one attached hydrogen (secondary N) is 1. The average Bonchev–Trinajstić information content (AvgIpc) is 2.91. The maximum atomic E-state index is 6.45. The van der Waals surface area contributed by atoms with E-state index in [1.807, 2.05) is 0 Å². The molecule has 1 aromatic carbocycles. The van der Waals surface area contributed by atoms with Crippen LogP contribution >= 0.6 is 11.6 Å². The smallest absolute Gasteiger partial charge is 0.0474 e. The molecule has 1 aliphatic carbocycles. The number of benzene rings is 1. The fourth-order valence-corrected chi connectivity index (χ4v) is 3.54. The molecule has 112 valence electrons. The molecule has 0 radical (unpaired) electrons. The second-order valence-electron chi connectivity index (χ2n) is 6.02. The standard InChI is InChI=1S/C17H27ClN2/c1-4-19-13(2)16-10-9-15(11-17(16)18)20(3)12-14-7-5-6-8-14/h9-11,13-14,19H,4-8,12H2,1-3H3. The van der Waals surface area contributed by atoms with Crippen molar-refractivity contribution in [3.8, 4) is 0 Å². The van der Waals surface area contributed by atoms with Crippen molar-refractivity contribution >= 4 is 17.3 Å². The van der Waals surface area contributed by atoms with Gasteiger partial charge in [0.2, 0.25) is 0 Å². The highest BCUT2D eigenvalue weighted by Crippen LogP contribution is 2.30. The number of halogens is 1. The van der Waals surface area contributed by atoms with E-state index < -0.39 is 0 Å². The maximum Gasteiger partial charge on any atom is 0.0474 e. The van der Waals surface area contributed by atoms with Crippen LogP contribution in [-0.4, -0.2) is 20.1 Å². The molecule has 0 amide bonds. The van der Waals surface area contributed by atoms with Gasteiger partial charge >= 0.3 is 0 Å². The molecule has 1 N–H and O–H groups in total. The molecule has 1 atom stereocenters. The molecule has 20 heavy (non-hydrogen) atoms. The summed E-state index contributed by atoms with van der Waals surface area (Å²) in [6.45, 7) is 6.39. The van der Waals surface area contributed by atoms with E-state index in [-0.39, 0.29) is 0 Å². The largest absolute Gasteiger partial charge is 0.374 e. The number of rotatable bonds is 6. The Bertz CT molecular complexity index is 427. The van der Waals surface area contributed by atoms with Crippen LogP contribution in [0.5, 0.6) is 0 Å². The predicted octanol–water partition coefficient (Wildman–Crippen LogP) is 4.64. The first-order valence-corrected chi connectivity index (χ1v) is 8.23. The lowest BCUT2D eigenvalue weighted by Gasteiger charge is -2.24. The van der Waals surface area contributed by atoms with Crippen molar-refractivity contribution in [2.24, 2.45) is 5.92 Å². The molecule has 1 saturated carbocycles. The molecule has 0 saturated heterocycles. The molecule has 2 nitrogen and oxygen atoms in total. The first kappa shape index (κ1) is 15.7. The summed E-state index contributed by atoms with van der Waals surface area (Å²) in [5.74, 6) is 0.860. The molecule has 3 heteroatoms. The quantitative estimate of drug-likeness (QED) is 0.822. The SMILES string of the molecule is CCNC(C)c1ccc(N(C)CC2CCCC2)cc1Cl. The zero-order valence-corrected chi connectivity index (χ0v) is 13.7. The zero-order valence-electron chi connectivity index (χ0n) is 13.0. The van der Waals surface area contributed by atoms with Crippen molar-refractivity contribution in [3.05, 3.63) is 28.8 Å². The summed E-state index contributed by atoms with van der Waals surface area (Å²) in [4.78, 5) is 2.35. The van der Waals surface area contributed by atoms with Gasteiger partial charge in [-0.3, -0.25) is 0 Å². The Morgan fingerprint density at radius 3 is 2.65 bits per heavy atom. The van der Waals surface area contributed by atoms with E-state index in [0.29, 0.717) is 6.04 Å². The molecule has 0 bridgehead atoms. The van der Waals surface area contributed by atoms with Gasteiger partial charge in [0.1, 0.15) is 0 Å². The third-order valence-corrected chi connectivity index (χ3v) is 4.74. The summed E-state index contributed by atoms with van der Waals surface area (Å²) >= 11 is 6.45. The normalized spacial score (nSPS) is 17.4. The van der Waals surface area contributed by atoms with Gasteiger partial charge in [-0.1, -0.05) is 37.4 Å². The molecular formula is C17H27ClN2. The topological polar surface area (TPSA) is 15.3 Å². The monoisotopic (exact) mass is 294 g/mol. The van der Waals surface area contributed by atoms with Gasteiger partial charge in [0.05, 0.1) is 0 Å². The molecule has 0 spiro atoms. The molecule has 1 aliphatic rings. The van der Waals surface area contributed by atoms with Crippen molar-refractivity contribution in [3.63, 3.8) is 0 Å². The van der Waals surface area contributed by atoms with E-state index in [1.165, 1.54) is 36.9 Å². The lowest BCUT2D eigenvalue weighted by Crippen LogP contribution is -2.24. The minimum Gasteiger partial charge on any atom is -0.374 e. The van der Waals surface area contributed by atoms with Crippen molar-refractivity contribution in [2.45, 2.75) is 45.6 Å². The second-order valence-corrected chi connectivity index (χ2v) is 6.42. The minimum atomic E-state index is 0.307. The highest BCUT2D eigenvalue weighted by atomic mass is 35.5. The van der Waals surface area contributed by atoms with Crippen molar-refractivity contribution in [1.29, 1.82) is 0 Å². The Morgan fingerprint density at radius 2 is 2.05 bits per heavy atom. The Kier molecular flexibility index (Phi) is 5.74. The van der Waals surface area contributed by atoms with Crippen LogP contribution in [0.3, 0.4) is 0 Å². The number of nitrogens with zero attached hydrogens (tertiary/aromatic N) is 1. The summed E-state index contributed by atoms with van der Waals surface area (Å²) in [7, 11) is 2.18. The fourth-order valence-electron chi connectivity index (χ4n) is 3.21. The number of hydrogen-bond acceptors (Lipinski definition) is 2. The maximum absolute atomic E-state index is 6.45. The van der Waals surface area contributed by atoms with Crippen LogP contribution in [0, 0.1) is 5.92 Å². The van der Waals surface area contributed by atoms with Crippen molar-refractivity contribution in [2.75, 3.05) is 25.0 Å². The van der Waals surface area contributed by atoms with Crippen LogP contribution in [-0.2, 0) is 0 Å². The molecule has 1 unspecified atom stereocenters.